The van der Waals surface area contributed by atoms with E-state index in [1.807, 2.05) is 0 Å². The standard InChI is InChI=1S/C14H11BrCl2N4O4/c1-2-25-14(22)20(7-8-3-4-10(15)18-6-8)9-5-11(16)19-13(17)12(9)21(23)24/h3-6H,2,7H2,1H3. The van der Waals surface area contributed by atoms with Crippen LogP contribution in [0.15, 0.2) is 29.0 Å². The highest BCUT2D eigenvalue weighted by Gasteiger charge is 2.30. The van der Waals surface area contributed by atoms with Crippen molar-refractivity contribution in [3.63, 3.8) is 0 Å². The second-order valence-corrected chi connectivity index (χ2v) is 6.19. The molecule has 132 valence electrons. The van der Waals surface area contributed by atoms with Gasteiger partial charge < -0.3 is 4.74 Å². The molecule has 0 atom stereocenters. The minimum Gasteiger partial charge on any atom is -0.449 e. The molecule has 8 nitrogen and oxygen atoms in total. The molecule has 2 rings (SSSR count). The predicted molar refractivity (Wildman–Crippen MR) is 96.1 cm³/mol. The third-order valence-corrected chi connectivity index (χ3v) is 3.92. The zero-order chi connectivity index (χ0) is 18.6. The molecule has 0 aromatic carbocycles. The molecule has 0 saturated heterocycles. The highest BCUT2D eigenvalue weighted by molar-refractivity contribution is 9.10. The normalized spacial score (nSPS) is 10.4. The lowest BCUT2D eigenvalue weighted by Crippen LogP contribution is -2.32. The number of carbonyl (C=O) groups is 1. The third kappa shape index (κ3) is 4.77. The minimum absolute atomic E-state index is 0.0311. The van der Waals surface area contributed by atoms with Crippen LogP contribution >= 0.6 is 39.1 Å². The molecule has 0 aliphatic carbocycles. The lowest BCUT2D eigenvalue weighted by atomic mass is 10.2. The maximum Gasteiger partial charge on any atom is 0.414 e. The van der Waals surface area contributed by atoms with Crippen LogP contribution in [0.25, 0.3) is 0 Å². The van der Waals surface area contributed by atoms with Gasteiger partial charge in [-0.15, -0.1) is 0 Å². The molecule has 0 unspecified atom stereocenters. The number of hydrogen-bond acceptors (Lipinski definition) is 6. The van der Waals surface area contributed by atoms with Crippen molar-refractivity contribution in [3.8, 4) is 0 Å². The van der Waals surface area contributed by atoms with Gasteiger partial charge in [-0.25, -0.2) is 14.8 Å². The quantitative estimate of drug-likeness (QED) is 0.375. The van der Waals surface area contributed by atoms with E-state index in [0.29, 0.717) is 10.2 Å². The van der Waals surface area contributed by atoms with Gasteiger partial charge in [0.15, 0.2) is 0 Å². The van der Waals surface area contributed by atoms with E-state index in [4.69, 9.17) is 27.9 Å². The number of anilines is 1. The number of halogens is 3. The molecule has 25 heavy (non-hydrogen) atoms. The number of nitrogens with zero attached hydrogens (tertiary/aromatic N) is 4. The molecule has 0 N–H and O–H groups in total. The summed E-state index contributed by atoms with van der Waals surface area (Å²) in [6, 6.07) is 4.58. The minimum atomic E-state index is -0.785. The van der Waals surface area contributed by atoms with Crippen LogP contribution in [-0.4, -0.2) is 27.6 Å². The van der Waals surface area contributed by atoms with Gasteiger partial charge in [-0.2, -0.15) is 0 Å². The van der Waals surface area contributed by atoms with Gasteiger partial charge in [-0.05, 0) is 34.5 Å². The van der Waals surface area contributed by atoms with Crippen molar-refractivity contribution >= 4 is 56.6 Å². The average Bonchev–Trinajstić information content (AvgIpc) is 2.53. The first kappa shape index (κ1) is 19.4. The van der Waals surface area contributed by atoms with Gasteiger partial charge in [0.05, 0.1) is 18.1 Å². The number of carbonyl (C=O) groups excluding carboxylic acids is 1. The van der Waals surface area contributed by atoms with Crippen molar-refractivity contribution in [2.45, 2.75) is 13.5 Å². The smallest absolute Gasteiger partial charge is 0.414 e. The number of ether oxygens (including phenoxy) is 1. The Bertz CT molecular complexity index is 804. The fraction of sp³-hybridized carbons (Fsp3) is 0.214. The van der Waals surface area contributed by atoms with Gasteiger partial charge in [0.1, 0.15) is 15.4 Å². The summed E-state index contributed by atoms with van der Waals surface area (Å²) in [5.74, 6) is 0. The van der Waals surface area contributed by atoms with Crippen molar-refractivity contribution < 1.29 is 14.5 Å². The van der Waals surface area contributed by atoms with Crippen molar-refractivity contribution in [1.29, 1.82) is 0 Å². The van der Waals surface area contributed by atoms with Gasteiger partial charge in [-0.1, -0.05) is 29.3 Å². The lowest BCUT2D eigenvalue weighted by Gasteiger charge is -2.22. The fourth-order valence-corrected chi connectivity index (χ4v) is 2.70. The Morgan fingerprint density at radius 2 is 2.16 bits per heavy atom. The van der Waals surface area contributed by atoms with E-state index >= 15 is 0 Å². The predicted octanol–water partition coefficient (Wildman–Crippen LogP) is 4.62. The van der Waals surface area contributed by atoms with E-state index in [9.17, 15) is 14.9 Å². The van der Waals surface area contributed by atoms with Crippen molar-refractivity contribution in [1.82, 2.24) is 9.97 Å². The number of amides is 1. The summed E-state index contributed by atoms with van der Waals surface area (Å²) in [5.41, 5.74) is -0.0323. The molecule has 0 aliphatic heterocycles. The molecule has 0 fully saturated rings. The number of aromatic nitrogens is 2. The summed E-state index contributed by atoms with van der Waals surface area (Å²) in [5, 5.41) is 10.9. The fourth-order valence-electron chi connectivity index (χ4n) is 1.97. The Labute approximate surface area is 161 Å². The zero-order valence-corrected chi connectivity index (χ0v) is 15.9. The third-order valence-electron chi connectivity index (χ3n) is 2.99. The second kappa shape index (κ2) is 8.41. The van der Waals surface area contributed by atoms with E-state index in [-0.39, 0.29) is 24.0 Å². The molecule has 0 spiro atoms. The number of pyridine rings is 2. The highest BCUT2D eigenvalue weighted by Crippen LogP contribution is 2.37. The van der Waals surface area contributed by atoms with Gasteiger partial charge in [-0.3, -0.25) is 15.0 Å². The number of rotatable bonds is 5. The zero-order valence-electron chi connectivity index (χ0n) is 12.8. The topological polar surface area (TPSA) is 98.5 Å². The van der Waals surface area contributed by atoms with E-state index in [2.05, 4.69) is 25.9 Å². The van der Waals surface area contributed by atoms with Gasteiger partial charge in [0.25, 0.3) is 0 Å². The molecule has 0 aliphatic rings. The molecule has 0 saturated carbocycles. The maximum atomic E-state index is 12.4. The Balaban J connectivity index is 2.54. The van der Waals surface area contributed by atoms with Crippen LogP contribution in [0.2, 0.25) is 10.3 Å². The molecule has 2 heterocycles. The first-order chi connectivity index (χ1) is 11.8. The first-order valence-electron chi connectivity index (χ1n) is 6.88. The summed E-state index contributed by atoms with van der Waals surface area (Å²) in [6.45, 7) is 1.68. The van der Waals surface area contributed by atoms with Crippen molar-refractivity contribution in [2.24, 2.45) is 0 Å². The van der Waals surface area contributed by atoms with Gasteiger partial charge >= 0.3 is 11.8 Å². The number of hydrogen-bond donors (Lipinski definition) is 0. The molecule has 2 aromatic rings. The monoisotopic (exact) mass is 448 g/mol. The highest BCUT2D eigenvalue weighted by atomic mass is 79.9. The Morgan fingerprint density at radius 3 is 2.72 bits per heavy atom. The summed E-state index contributed by atoms with van der Waals surface area (Å²) in [4.78, 5) is 31.8. The lowest BCUT2D eigenvalue weighted by molar-refractivity contribution is -0.384. The van der Waals surface area contributed by atoms with E-state index in [1.54, 1.807) is 19.1 Å². The van der Waals surface area contributed by atoms with Crippen LogP contribution in [0.1, 0.15) is 12.5 Å². The molecular weight excluding hydrogens is 439 g/mol. The summed E-state index contributed by atoms with van der Waals surface area (Å²) in [7, 11) is 0. The van der Waals surface area contributed by atoms with Gasteiger partial charge in [0.2, 0.25) is 5.15 Å². The van der Waals surface area contributed by atoms with Crippen molar-refractivity contribution in [2.75, 3.05) is 11.5 Å². The number of nitro groups is 1. The molecule has 11 heteroatoms. The molecule has 0 bridgehead atoms. The van der Waals surface area contributed by atoms with Crippen LogP contribution < -0.4 is 4.90 Å². The molecule has 1 amide bonds. The molecule has 2 aromatic heterocycles. The van der Waals surface area contributed by atoms with Gasteiger partial charge in [0, 0.05) is 12.3 Å². The summed E-state index contributed by atoms with van der Waals surface area (Å²) < 4.78 is 5.61. The van der Waals surface area contributed by atoms with Crippen LogP contribution in [0.3, 0.4) is 0 Å². The Hall–Kier alpha value is -1.97. The van der Waals surface area contributed by atoms with E-state index < -0.39 is 21.9 Å². The van der Waals surface area contributed by atoms with Crippen LogP contribution in [0, 0.1) is 10.1 Å². The molecular formula is C14H11BrCl2N4O4. The van der Waals surface area contributed by atoms with Crippen LogP contribution in [0.5, 0.6) is 0 Å². The van der Waals surface area contributed by atoms with E-state index in [0.717, 1.165) is 4.90 Å². The maximum absolute atomic E-state index is 12.4. The second-order valence-electron chi connectivity index (χ2n) is 4.63. The summed E-state index contributed by atoms with van der Waals surface area (Å²) in [6.07, 6.45) is 0.735. The van der Waals surface area contributed by atoms with Crippen LogP contribution in [0.4, 0.5) is 16.2 Å². The van der Waals surface area contributed by atoms with E-state index in [1.165, 1.54) is 12.3 Å². The van der Waals surface area contributed by atoms with Crippen LogP contribution in [-0.2, 0) is 11.3 Å². The molecule has 0 radical (unpaired) electrons. The Kier molecular flexibility index (Phi) is 6.51. The SMILES string of the molecule is CCOC(=O)N(Cc1ccc(Br)nc1)c1cc(Cl)nc(Cl)c1[N+](=O)[O-]. The first-order valence-corrected chi connectivity index (χ1v) is 8.43. The Morgan fingerprint density at radius 1 is 1.44 bits per heavy atom. The average molecular weight is 450 g/mol. The van der Waals surface area contributed by atoms with Crippen molar-refractivity contribution in [3.05, 3.63) is 55.0 Å². The summed E-state index contributed by atoms with van der Waals surface area (Å²) >= 11 is 14.9. The largest absolute Gasteiger partial charge is 0.449 e.